The summed E-state index contributed by atoms with van der Waals surface area (Å²) in [4.78, 5) is 28.4. The number of allylic oxidation sites excluding steroid dienone is 1. The zero-order chi connectivity index (χ0) is 21.8. The standard InChI is InChI=1S/C24H32N2O5/c1-15-5-3-6-16-13-19-20(21(27)24(15,16)2)17(23(29)31-19)14-25-8-10-26(11-9-25)22(28)18-7-4-12-30-18/h4,6-7,12,15,17,19-21,27H,3,5,8-11,13-14H2,1-2H3/p+1/t15-,17-,19-,20-,21+,24-/m1/s1. The molecule has 2 N–H and O–H groups in total. The van der Waals surface area contributed by atoms with Crippen LogP contribution in [0.4, 0.5) is 0 Å². The first-order valence-corrected chi connectivity index (χ1v) is 11.6. The number of esters is 1. The van der Waals surface area contributed by atoms with E-state index in [4.69, 9.17) is 9.15 Å². The third kappa shape index (κ3) is 3.33. The van der Waals surface area contributed by atoms with E-state index in [1.54, 1.807) is 12.1 Å². The number of hydrogen-bond acceptors (Lipinski definition) is 5. The van der Waals surface area contributed by atoms with Gasteiger partial charge in [-0.25, -0.2) is 0 Å². The minimum absolute atomic E-state index is 0.0781. The van der Waals surface area contributed by atoms with Crippen LogP contribution in [-0.2, 0) is 9.53 Å². The summed E-state index contributed by atoms with van der Waals surface area (Å²) in [6, 6.07) is 3.41. The first-order chi connectivity index (χ1) is 14.9. The number of piperazine rings is 1. The Kier molecular flexibility index (Phi) is 5.21. The average molecular weight is 430 g/mol. The first kappa shape index (κ1) is 20.8. The molecule has 3 fully saturated rings. The number of rotatable bonds is 3. The number of aliphatic hydroxyl groups is 1. The Hall–Kier alpha value is -2.12. The van der Waals surface area contributed by atoms with Crippen molar-refractivity contribution in [3.05, 3.63) is 35.8 Å². The van der Waals surface area contributed by atoms with E-state index in [-0.39, 0.29) is 35.2 Å². The van der Waals surface area contributed by atoms with Gasteiger partial charge in [-0.15, -0.1) is 0 Å². The third-order valence-corrected chi connectivity index (χ3v) is 8.57. The molecule has 2 aliphatic heterocycles. The predicted molar refractivity (Wildman–Crippen MR) is 112 cm³/mol. The molecule has 0 spiro atoms. The molecule has 3 heterocycles. The van der Waals surface area contributed by atoms with E-state index in [0.717, 1.165) is 32.4 Å². The Labute approximate surface area is 183 Å². The highest BCUT2D eigenvalue weighted by atomic mass is 16.6. The molecular weight excluding hydrogens is 396 g/mol. The summed E-state index contributed by atoms with van der Waals surface area (Å²) in [5, 5.41) is 11.5. The van der Waals surface area contributed by atoms with E-state index < -0.39 is 6.10 Å². The van der Waals surface area contributed by atoms with E-state index in [2.05, 4.69) is 19.9 Å². The molecule has 0 unspecified atom stereocenters. The van der Waals surface area contributed by atoms with Gasteiger partial charge < -0.3 is 24.1 Å². The van der Waals surface area contributed by atoms with Crippen molar-refractivity contribution in [1.29, 1.82) is 0 Å². The Morgan fingerprint density at radius 2 is 2.13 bits per heavy atom. The Morgan fingerprint density at radius 1 is 1.35 bits per heavy atom. The normalized spacial score (nSPS) is 38.3. The number of nitrogens with one attached hydrogen (secondary N) is 1. The van der Waals surface area contributed by atoms with Gasteiger partial charge in [0.15, 0.2) is 5.76 Å². The number of carbonyl (C=O) groups excluding carboxylic acids is 2. The molecule has 1 saturated carbocycles. The number of aliphatic hydroxyl groups excluding tert-OH is 1. The van der Waals surface area contributed by atoms with Gasteiger partial charge in [0.1, 0.15) is 12.0 Å². The van der Waals surface area contributed by atoms with E-state index in [1.165, 1.54) is 16.7 Å². The van der Waals surface area contributed by atoms with Crippen molar-refractivity contribution in [3.63, 3.8) is 0 Å². The van der Waals surface area contributed by atoms with Gasteiger partial charge in [-0.3, -0.25) is 9.59 Å². The monoisotopic (exact) mass is 429 g/mol. The predicted octanol–water partition coefficient (Wildman–Crippen LogP) is 0.905. The Morgan fingerprint density at radius 3 is 2.84 bits per heavy atom. The van der Waals surface area contributed by atoms with E-state index in [1.807, 2.05) is 4.90 Å². The fourth-order valence-corrected chi connectivity index (χ4v) is 6.39. The van der Waals surface area contributed by atoms with Crippen molar-refractivity contribution in [2.24, 2.45) is 23.2 Å². The third-order valence-electron chi connectivity index (χ3n) is 8.57. The molecule has 0 aromatic carbocycles. The van der Waals surface area contributed by atoms with Gasteiger partial charge in [0.25, 0.3) is 5.91 Å². The van der Waals surface area contributed by atoms with Gasteiger partial charge >= 0.3 is 5.97 Å². The van der Waals surface area contributed by atoms with Crippen LogP contribution in [0.1, 0.15) is 43.7 Å². The van der Waals surface area contributed by atoms with Crippen LogP contribution >= 0.6 is 0 Å². The van der Waals surface area contributed by atoms with Crippen LogP contribution < -0.4 is 4.90 Å². The smallest absolute Gasteiger partial charge is 0.315 e. The maximum absolute atomic E-state index is 12.8. The molecule has 7 heteroatoms. The molecule has 31 heavy (non-hydrogen) atoms. The molecule has 1 aromatic heterocycles. The van der Waals surface area contributed by atoms with Crippen LogP contribution in [0.3, 0.4) is 0 Å². The van der Waals surface area contributed by atoms with Crippen LogP contribution in [0.5, 0.6) is 0 Å². The lowest BCUT2D eigenvalue weighted by atomic mass is 9.55. The fraction of sp³-hybridized carbons (Fsp3) is 0.667. The minimum Gasteiger partial charge on any atom is -0.461 e. The zero-order valence-corrected chi connectivity index (χ0v) is 18.4. The average Bonchev–Trinajstić information content (AvgIpc) is 3.39. The second kappa shape index (κ2) is 7.78. The number of quaternary nitrogens is 1. The summed E-state index contributed by atoms with van der Waals surface area (Å²) in [5.74, 6) is 0.0927. The first-order valence-electron chi connectivity index (χ1n) is 11.6. The highest BCUT2D eigenvalue weighted by molar-refractivity contribution is 5.91. The van der Waals surface area contributed by atoms with Crippen LogP contribution in [-0.4, -0.2) is 66.8 Å². The summed E-state index contributed by atoms with van der Waals surface area (Å²) in [6.07, 6.45) is 5.88. The van der Waals surface area contributed by atoms with Crippen molar-refractivity contribution in [2.45, 2.75) is 45.3 Å². The quantitative estimate of drug-likeness (QED) is 0.551. The van der Waals surface area contributed by atoms with Crippen LogP contribution in [0.15, 0.2) is 34.5 Å². The van der Waals surface area contributed by atoms with Gasteiger partial charge in [-0.2, -0.15) is 0 Å². The Bertz CT molecular complexity index is 873. The maximum atomic E-state index is 12.8. The number of furan rings is 1. The molecule has 6 atom stereocenters. The lowest BCUT2D eigenvalue weighted by molar-refractivity contribution is -0.906. The molecule has 0 bridgehead atoms. The number of amides is 1. The second-order valence-corrected chi connectivity index (χ2v) is 10.0. The molecule has 1 aromatic rings. The van der Waals surface area contributed by atoms with Gasteiger partial charge in [0.2, 0.25) is 0 Å². The van der Waals surface area contributed by atoms with Crippen molar-refractivity contribution in [2.75, 3.05) is 32.7 Å². The minimum atomic E-state index is -0.564. The summed E-state index contributed by atoms with van der Waals surface area (Å²) in [5.41, 5.74) is 1.00. The summed E-state index contributed by atoms with van der Waals surface area (Å²) in [7, 11) is 0. The van der Waals surface area contributed by atoms with Gasteiger partial charge in [0, 0.05) is 17.8 Å². The fourth-order valence-electron chi connectivity index (χ4n) is 6.39. The van der Waals surface area contributed by atoms with Crippen molar-refractivity contribution in [3.8, 4) is 0 Å². The van der Waals surface area contributed by atoms with Gasteiger partial charge in [-0.1, -0.05) is 25.5 Å². The highest BCUT2D eigenvalue weighted by Crippen LogP contribution is 2.55. The molecule has 2 aliphatic carbocycles. The van der Waals surface area contributed by atoms with Crippen molar-refractivity contribution < 1.29 is 28.7 Å². The van der Waals surface area contributed by atoms with E-state index in [9.17, 15) is 14.7 Å². The van der Waals surface area contributed by atoms with E-state index in [0.29, 0.717) is 31.3 Å². The number of ether oxygens (including phenoxy) is 1. The number of nitrogens with zero attached hydrogens (tertiary/aromatic N) is 1. The summed E-state index contributed by atoms with van der Waals surface area (Å²) in [6.45, 7) is 7.89. The van der Waals surface area contributed by atoms with Crippen LogP contribution in [0.2, 0.25) is 0 Å². The topological polar surface area (TPSA) is 84.4 Å². The molecule has 168 valence electrons. The molecule has 7 nitrogen and oxygen atoms in total. The van der Waals surface area contributed by atoms with Crippen molar-refractivity contribution >= 4 is 11.9 Å². The van der Waals surface area contributed by atoms with Gasteiger partial charge in [-0.05, 0) is 30.9 Å². The van der Waals surface area contributed by atoms with Crippen molar-refractivity contribution in [1.82, 2.24) is 4.90 Å². The van der Waals surface area contributed by atoms with Gasteiger partial charge in [0.05, 0.1) is 45.1 Å². The highest BCUT2D eigenvalue weighted by Gasteiger charge is 2.60. The largest absolute Gasteiger partial charge is 0.461 e. The number of fused-ring (bicyclic) bond motifs is 2. The zero-order valence-electron chi connectivity index (χ0n) is 18.4. The number of hydrogen-bond donors (Lipinski definition) is 2. The maximum Gasteiger partial charge on any atom is 0.315 e. The molecule has 2 saturated heterocycles. The number of carbonyl (C=O) groups is 2. The molecule has 0 radical (unpaired) electrons. The summed E-state index contributed by atoms with van der Waals surface area (Å²) < 4.78 is 11.0. The summed E-state index contributed by atoms with van der Waals surface area (Å²) >= 11 is 0. The van der Waals surface area contributed by atoms with Crippen LogP contribution in [0.25, 0.3) is 0 Å². The molecule has 1 amide bonds. The lowest BCUT2D eigenvalue weighted by Gasteiger charge is -2.51. The molecular formula is C24H33N2O5+. The Balaban J connectivity index is 1.26. The SMILES string of the molecule is C[C@@H]1CCC=C2C[C@H]3OC(=O)[C@H](C[NH+]4CCN(C(=O)c5ccco5)CC4)[C@H]3[C@H](O)[C@@]21C. The van der Waals surface area contributed by atoms with E-state index >= 15 is 0 Å². The molecule has 4 aliphatic rings. The second-order valence-electron chi connectivity index (χ2n) is 10.0. The van der Waals surface area contributed by atoms with Crippen LogP contribution in [0, 0.1) is 23.2 Å². The molecule has 5 rings (SSSR count). The lowest BCUT2D eigenvalue weighted by Crippen LogP contribution is -3.15.